The maximum atomic E-state index is 11.9. The van der Waals surface area contributed by atoms with Crippen LogP contribution in [0.3, 0.4) is 0 Å². The van der Waals surface area contributed by atoms with Crippen LogP contribution in [-0.4, -0.2) is 11.6 Å². The standard InChI is InChI=1S/C23H26O2/c1-18(14-15-19-10-6-5-7-11-19)21-13-9-8-12-20(21)16-17-22(24)25-23(2,3)4/h5-18H,1-4H3/b15-14+,17-16+. The number of ether oxygens (including phenoxy) is 1. The quantitative estimate of drug-likeness (QED) is 0.506. The van der Waals surface area contributed by atoms with Gasteiger partial charge in [0, 0.05) is 6.08 Å². The lowest BCUT2D eigenvalue weighted by atomic mass is 9.94. The van der Waals surface area contributed by atoms with E-state index in [1.54, 1.807) is 0 Å². The van der Waals surface area contributed by atoms with Gasteiger partial charge in [-0.05, 0) is 49.5 Å². The first-order chi connectivity index (χ1) is 11.8. The summed E-state index contributed by atoms with van der Waals surface area (Å²) in [5.41, 5.74) is 2.90. The third kappa shape index (κ3) is 6.42. The molecule has 1 atom stereocenters. The summed E-state index contributed by atoms with van der Waals surface area (Å²) in [6.07, 6.45) is 7.63. The van der Waals surface area contributed by atoms with Gasteiger partial charge in [0.15, 0.2) is 0 Å². The number of esters is 1. The Labute approximate surface area is 150 Å². The van der Waals surface area contributed by atoms with E-state index in [4.69, 9.17) is 4.74 Å². The molecule has 0 heterocycles. The van der Waals surface area contributed by atoms with Crippen molar-refractivity contribution in [3.63, 3.8) is 0 Å². The van der Waals surface area contributed by atoms with Crippen LogP contribution in [-0.2, 0) is 9.53 Å². The number of rotatable bonds is 5. The summed E-state index contributed by atoms with van der Waals surface area (Å²) in [7, 11) is 0. The molecule has 25 heavy (non-hydrogen) atoms. The molecule has 2 heteroatoms. The van der Waals surface area contributed by atoms with E-state index in [-0.39, 0.29) is 11.9 Å². The van der Waals surface area contributed by atoms with Crippen LogP contribution >= 0.6 is 0 Å². The molecule has 0 amide bonds. The van der Waals surface area contributed by atoms with E-state index in [0.29, 0.717) is 0 Å². The first-order valence-corrected chi connectivity index (χ1v) is 8.58. The number of hydrogen-bond acceptors (Lipinski definition) is 2. The van der Waals surface area contributed by atoms with Crippen LogP contribution in [0.25, 0.3) is 12.2 Å². The third-order valence-corrected chi connectivity index (χ3v) is 3.67. The van der Waals surface area contributed by atoms with Gasteiger partial charge in [-0.3, -0.25) is 0 Å². The predicted octanol–water partition coefficient (Wildman–Crippen LogP) is 5.86. The summed E-state index contributed by atoms with van der Waals surface area (Å²) in [6, 6.07) is 18.3. The molecule has 0 saturated heterocycles. The van der Waals surface area contributed by atoms with Gasteiger partial charge in [0.2, 0.25) is 0 Å². The van der Waals surface area contributed by atoms with Gasteiger partial charge < -0.3 is 4.74 Å². The highest BCUT2D eigenvalue weighted by atomic mass is 16.6. The molecule has 0 spiro atoms. The van der Waals surface area contributed by atoms with Crippen molar-refractivity contribution in [3.8, 4) is 0 Å². The molecule has 0 aliphatic heterocycles. The van der Waals surface area contributed by atoms with Gasteiger partial charge in [-0.15, -0.1) is 0 Å². The zero-order valence-corrected chi connectivity index (χ0v) is 15.4. The molecular weight excluding hydrogens is 308 g/mol. The summed E-state index contributed by atoms with van der Waals surface area (Å²) in [6.45, 7) is 7.75. The summed E-state index contributed by atoms with van der Waals surface area (Å²) >= 11 is 0. The molecule has 0 aliphatic rings. The largest absolute Gasteiger partial charge is 0.457 e. The van der Waals surface area contributed by atoms with E-state index in [2.05, 4.69) is 37.3 Å². The summed E-state index contributed by atoms with van der Waals surface area (Å²) in [5.74, 6) is -0.0884. The first-order valence-electron chi connectivity index (χ1n) is 8.58. The number of hydrogen-bond donors (Lipinski definition) is 0. The van der Waals surface area contributed by atoms with Crippen LogP contribution in [0.1, 0.15) is 50.3 Å². The molecule has 0 N–H and O–H groups in total. The summed E-state index contributed by atoms with van der Waals surface area (Å²) < 4.78 is 5.33. The van der Waals surface area contributed by atoms with Gasteiger partial charge in [-0.2, -0.15) is 0 Å². The van der Waals surface area contributed by atoms with Gasteiger partial charge in [0.05, 0.1) is 0 Å². The third-order valence-electron chi connectivity index (χ3n) is 3.67. The molecule has 2 aromatic rings. The minimum atomic E-state index is -0.480. The van der Waals surface area contributed by atoms with E-state index in [0.717, 1.165) is 5.56 Å². The maximum Gasteiger partial charge on any atom is 0.331 e. The van der Waals surface area contributed by atoms with Crippen LogP contribution < -0.4 is 0 Å². The second kappa shape index (κ2) is 8.48. The van der Waals surface area contributed by atoms with E-state index < -0.39 is 5.60 Å². The van der Waals surface area contributed by atoms with Crippen molar-refractivity contribution >= 4 is 18.1 Å². The Hall–Kier alpha value is -2.61. The first kappa shape index (κ1) is 18.7. The monoisotopic (exact) mass is 334 g/mol. The number of allylic oxidation sites excluding steroid dienone is 1. The van der Waals surface area contributed by atoms with Gasteiger partial charge in [0.25, 0.3) is 0 Å². The molecule has 0 aliphatic carbocycles. The number of carbonyl (C=O) groups excluding carboxylic acids is 1. The van der Waals surface area contributed by atoms with Gasteiger partial charge >= 0.3 is 5.97 Å². The van der Waals surface area contributed by atoms with Crippen LogP contribution in [0.2, 0.25) is 0 Å². The molecule has 2 nitrogen and oxygen atoms in total. The van der Waals surface area contributed by atoms with Gasteiger partial charge in [-0.1, -0.05) is 73.7 Å². The zero-order valence-electron chi connectivity index (χ0n) is 15.4. The van der Waals surface area contributed by atoms with Gasteiger partial charge in [-0.25, -0.2) is 4.79 Å². The van der Waals surface area contributed by atoms with Crippen molar-refractivity contribution in [3.05, 3.63) is 83.4 Å². The van der Waals surface area contributed by atoms with Crippen molar-refractivity contribution in [2.75, 3.05) is 0 Å². The van der Waals surface area contributed by atoms with E-state index in [9.17, 15) is 4.79 Å². The van der Waals surface area contributed by atoms with E-state index in [1.807, 2.05) is 63.2 Å². The molecule has 2 aromatic carbocycles. The maximum absolute atomic E-state index is 11.9. The van der Waals surface area contributed by atoms with Gasteiger partial charge in [0.1, 0.15) is 5.60 Å². The summed E-state index contributed by atoms with van der Waals surface area (Å²) in [5, 5.41) is 0. The Bertz CT molecular complexity index is 749. The zero-order chi connectivity index (χ0) is 18.3. The molecule has 0 radical (unpaired) electrons. The summed E-state index contributed by atoms with van der Waals surface area (Å²) in [4.78, 5) is 11.9. The fourth-order valence-corrected chi connectivity index (χ4v) is 2.49. The molecule has 0 fully saturated rings. The SMILES string of the molecule is CC(/C=C/c1ccccc1)c1ccccc1/C=C/C(=O)OC(C)(C)C. The lowest BCUT2D eigenvalue weighted by molar-refractivity contribution is -0.148. The number of carbonyl (C=O) groups is 1. The molecule has 130 valence electrons. The second-order valence-electron chi connectivity index (χ2n) is 7.05. The minimum absolute atomic E-state index is 0.236. The predicted molar refractivity (Wildman–Crippen MR) is 105 cm³/mol. The van der Waals surface area contributed by atoms with Crippen molar-refractivity contribution in [1.29, 1.82) is 0 Å². The lowest BCUT2D eigenvalue weighted by Crippen LogP contribution is -2.22. The Morgan fingerprint density at radius 3 is 2.28 bits per heavy atom. The molecule has 0 aromatic heterocycles. The molecular formula is C23H26O2. The Morgan fingerprint density at radius 1 is 0.960 bits per heavy atom. The Morgan fingerprint density at radius 2 is 1.60 bits per heavy atom. The highest BCUT2D eigenvalue weighted by Gasteiger charge is 2.14. The van der Waals surface area contributed by atoms with Crippen molar-refractivity contribution in [2.24, 2.45) is 0 Å². The van der Waals surface area contributed by atoms with Crippen molar-refractivity contribution < 1.29 is 9.53 Å². The normalized spacial score (nSPS) is 13.3. The average molecular weight is 334 g/mol. The molecule has 2 rings (SSSR count). The molecule has 0 bridgehead atoms. The van der Waals surface area contributed by atoms with Crippen LogP contribution in [0, 0.1) is 0 Å². The van der Waals surface area contributed by atoms with Crippen molar-refractivity contribution in [1.82, 2.24) is 0 Å². The second-order valence-corrected chi connectivity index (χ2v) is 7.05. The van der Waals surface area contributed by atoms with Crippen molar-refractivity contribution in [2.45, 2.75) is 39.2 Å². The highest BCUT2D eigenvalue weighted by Crippen LogP contribution is 2.23. The fourth-order valence-electron chi connectivity index (χ4n) is 2.49. The molecule has 1 unspecified atom stereocenters. The smallest absolute Gasteiger partial charge is 0.331 e. The highest BCUT2D eigenvalue weighted by molar-refractivity contribution is 5.87. The number of benzene rings is 2. The topological polar surface area (TPSA) is 26.3 Å². The lowest BCUT2D eigenvalue weighted by Gasteiger charge is -2.18. The Balaban J connectivity index is 2.14. The fraction of sp³-hybridized carbons (Fsp3) is 0.261. The average Bonchev–Trinajstić information content (AvgIpc) is 2.57. The van der Waals surface area contributed by atoms with Crippen LogP contribution in [0.15, 0.2) is 66.7 Å². The Kier molecular flexibility index (Phi) is 6.35. The van der Waals surface area contributed by atoms with E-state index >= 15 is 0 Å². The van der Waals surface area contributed by atoms with Crippen LogP contribution in [0.4, 0.5) is 0 Å². The minimum Gasteiger partial charge on any atom is -0.457 e. The van der Waals surface area contributed by atoms with Crippen LogP contribution in [0.5, 0.6) is 0 Å². The van der Waals surface area contributed by atoms with E-state index in [1.165, 1.54) is 17.2 Å². The molecule has 0 saturated carbocycles.